The van der Waals surface area contributed by atoms with Crippen molar-refractivity contribution in [3.63, 3.8) is 0 Å². The second-order valence-corrected chi connectivity index (χ2v) is 2.92. The van der Waals surface area contributed by atoms with Crippen LogP contribution in [0, 0.1) is 6.92 Å². The predicted molar refractivity (Wildman–Crippen MR) is 47.9 cm³/mol. The van der Waals surface area contributed by atoms with Crippen LogP contribution in [-0.2, 0) is 32.3 Å². The topological polar surface area (TPSA) is 20.3 Å². The Kier molecular flexibility index (Phi) is 3.16. The van der Waals surface area contributed by atoms with Gasteiger partial charge in [0.15, 0.2) is 0 Å². The van der Waals surface area contributed by atoms with E-state index in [9.17, 15) is 4.79 Å². The number of carbonyl (C=O) groups excluding carboxylic acids is 1. The van der Waals surface area contributed by atoms with Crippen LogP contribution in [0.4, 0.5) is 5.69 Å². The third-order valence-corrected chi connectivity index (χ3v) is 2.19. The largest absolute Gasteiger partial charge is 0.337 e. The van der Waals surface area contributed by atoms with E-state index >= 15 is 0 Å². The van der Waals surface area contributed by atoms with Gasteiger partial charge in [0.1, 0.15) is 0 Å². The zero-order valence-corrected chi connectivity index (χ0v) is 10.1. The van der Waals surface area contributed by atoms with E-state index in [0.717, 1.165) is 18.7 Å². The van der Waals surface area contributed by atoms with Crippen LogP contribution in [-0.4, -0.2) is 12.5 Å². The van der Waals surface area contributed by atoms with Crippen molar-refractivity contribution in [2.24, 2.45) is 0 Å². The van der Waals surface area contributed by atoms with Gasteiger partial charge in [-0.2, -0.15) is 0 Å². The normalized spacial score (nSPS) is 13.4. The maximum Gasteiger partial charge on any atom is 0.0867 e. The van der Waals surface area contributed by atoms with E-state index in [-0.39, 0.29) is 27.0 Å². The van der Waals surface area contributed by atoms with Gasteiger partial charge in [-0.1, -0.05) is 18.2 Å². The molecule has 0 aromatic heterocycles. The van der Waals surface area contributed by atoms with Gasteiger partial charge in [0.25, 0.3) is 0 Å². The van der Waals surface area contributed by atoms with Crippen LogP contribution in [0.3, 0.4) is 0 Å². The van der Waals surface area contributed by atoms with Crippen molar-refractivity contribution < 1.29 is 25.9 Å². The van der Waals surface area contributed by atoms with Crippen molar-refractivity contribution in [1.29, 1.82) is 0 Å². The van der Waals surface area contributed by atoms with Crippen LogP contribution in [0.15, 0.2) is 24.3 Å². The number of hydrogen-bond donors (Lipinski definition) is 0. The molecule has 68 valence electrons. The maximum absolute atomic E-state index is 11.0. The summed E-state index contributed by atoms with van der Waals surface area (Å²) < 4.78 is 0. The molecule has 13 heavy (non-hydrogen) atoms. The number of hydrogen-bond acceptors (Lipinski definition) is 1. The predicted octanol–water partition coefficient (Wildman–Crippen LogP) is 1.41. The van der Waals surface area contributed by atoms with Crippen LogP contribution in [0.2, 0.25) is 0 Å². The second-order valence-electron chi connectivity index (χ2n) is 2.92. The molecule has 0 spiro atoms. The summed E-state index contributed by atoms with van der Waals surface area (Å²) in [7, 11) is 0. The van der Waals surface area contributed by atoms with Gasteiger partial charge in [-0.25, -0.2) is 0 Å². The summed E-state index contributed by atoms with van der Waals surface area (Å²) in [6.07, 6.45) is 0.956. The fourth-order valence-corrected chi connectivity index (χ4v) is 1.60. The summed E-state index contributed by atoms with van der Waals surface area (Å²) in [6.45, 7) is 4.19. The molecule has 1 aromatic rings. The summed E-state index contributed by atoms with van der Waals surface area (Å²) in [6, 6.07) is 7.96. The summed E-state index contributed by atoms with van der Waals surface area (Å²) in [5, 5.41) is 0. The van der Waals surface area contributed by atoms with Gasteiger partial charge >= 0.3 is 0 Å². The van der Waals surface area contributed by atoms with E-state index in [1.54, 1.807) is 4.90 Å². The molecule has 0 saturated heterocycles. The quantitative estimate of drug-likeness (QED) is 0.652. The molecule has 0 aliphatic carbocycles. The molecule has 1 aliphatic heterocycles. The Balaban J connectivity index is 0.000000845. The van der Waals surface area contributed by atoms with Gasteiger partial charge in [0.05, 0.1) is 5.91 Å². The maximum atomic E-state index is 11.0. The fraction of sp³-hybridized carbons (Fsp3) is 0.200. The van der Waals surface area contributed by atoms with E-state index in [0.29, 0.717) is 0 Å². The van der Waals surface area contributed by atoms with Gasteiger partial charge in [-0.15, -0.1) is 0 Å². The van der Waals surface area contributed by atoms with Gasteiger partial charge in [-0.3, -0.25) is 0 Å². The van der Waals surface area contributed by atoms with Gasteiger partial charge < -0.3 is 16.6 Å². The smallest absolute Gasteiger partial charge is 0.0867 e. The van der Waals surface area contributed by atoms with Crippen LogP contribution >= 0.6 is 0 Å². The Labute approximate surface area is 92.2 Å². The molecule has 3 heteroatoms. The van der Waals surface area contributed by atoms with E-state index in [2.05, 4.69) is 13.0 Å². The molecular weight excluding hydrogens is 334 g/mol. The van der Waals surface area contributed by atoms with Crippen LogP contribution in [0.25, 0.3) is 0 Å². The molecule has 0 atom stereocenters. The molecule has 0 N–H and O–H groups in total. The molecule has 0 bridgehead atoms. The third-order valence-electron chi connectivity index (χ3n) is 2.19. The van der Waals surface area contributed by atoms with Crippen molar-refractivity contribution in [3.05, 3.63) is 36.8 Å². The van der Waals surface area contributed by atoms with Crippen LogP contribution in [0.5, 0.6) is 0 Å². The fourth-order valence-electron chi connectivity index (χ4n) is 1.60. The van der Waals surface area contributed by atoms with E-state index in [4.69, 9.17) is 0 Å². The minimum atomic E-state index is -0.111. The van der Waals surface area contributed by atoms with E-state index in [1.807, 2.05) is 18.2 Å². The zero-order valence-electron chi connectivity index (χ0n) is 7.19. The van der Waals surface area contributed by atoms with Crippen molar-refractivity contribution in [2.45, 2.75) is 6.42 Å². The van der Waals surface area contributed by atoms with Gasteiger partial charge in [-0.05, 0) is 18.1 Å². The standard InChI is InChI=1S/C10H10NO.W/c1-8(12)11-7-6-9-4-2-3-5-10(9)11;/h2-5H,1,6-7H2;/q-1;. The van der Waals surface area contributed by atoms with E-state index in [1.165, 1.54) is 5.56 Å². The Morgan fingerprint density at radius 2 is 2.08 bits per heavy atom. The first-order valence-electron chi connectivity index (χ1n) is 4.00. The Morgan fingerprint density at radius 1 is 1.38 bits per heavy atom. The molecule has 0 radical (unpaired) electrons. The number of rotatable bonds is 0. The Bertz CT molecular complexity index is 324. The minimum Gasteiger partial charge on any atom is -0.337 e. The van der Waals surface area contributed by atoms with Gasteiger partial charge in [0, 0.05) is 33.3 Å². The van der Waals surface area contributed by atoms with Crippen molar-refractivity contribution in [3.8, 4) is 0 Å². The number of carbonyl (C=O) groups is 1. The molecule has 1 aliphatic rings. The molecule has 1 heterocycles. The molecule has 0 unspecified atom stereocenters. The molecule has 0 fully saturated rings. The summed E-state index contributed by atoms with van der Waals surface area (Å²) in [5.41, 5.74) is 2.27. The third kappa shape index (κ3) is 1.78. The average Bonchev–Trinajstić information content (AvgIpc) is 2.47. The molecule has 2 rings (SSSR count). The average molecular weight is 344 g/mol. The first-order valence-corrected chi connectivity index (χ1v) is 4.00. The molecular formula is C10H10NOW-. The van der Waals surface area contributed by atoms with Crippen molar-refractivity contribution in [1.82, 2.24) is 0 Å². The number of fused-ring (bicyclic) bond motifs is 1. The summed E-state index contributed by atoms with van der Waals surface area (Å²) in [4.78, 5) is 12.7. The molecule has 1 aromatic carbocycles. The number of amides is 1. The van der Waals surface area contributed by atoms with Crippen molar-refractivity contribution in [2.75, 3.05) is 11.4 Å². The SMILES string of the molecule is [CH2-]C(=O)N1CCc2ccccc21.[W]. The van der Waals surface area contributed by atoms with Gasteiger partial charge in [0.2, 0.25) is 0 Å². The Hall–Kier alpha value is -0.752. The number of anilines is 1. The number of benzene rings is 1. The number of para-hydroxylation sites is 1. The first kappa shape index (κ1) is 10.3. The molecule has 1 amide bonds. The monoisotopic (exact) mass is 344 g/mol. The Morgan fingerprint density at radius 3 is 2.77 bits per heavy atom. The molecule has 2 nitrogen and oxygen atoms in total. The van der Waals surface area contributed by atoms with Crippen LogP contribution < -0.4 is 4.90 Å². The first-order chi connectivity index (χ1) is 5.79. The number of nitrogens with zero attached hydrogens (tertiary/aromatic N) is 1. The summed E-state index contributed by atoms with van der Waals surface area (Å²) >= 11 is 0. The molecule has 0 saturated carbocycles. The summed E-state index contributed by atoms with van der Waals surface area (Å²) in [5.74, 6) is -0.111. The van der Waals surface area contributed by atoms with Crippen molar-refractivity contribution >= 4 is 11.6 Å². The second kappa shape index (κ2) is 3.97. The van der Waals surface area contributed by atoms with Crippen LogP contribution in [0.1, 0.15) is 5.56 Å². The van der Waals surface area contributed by atoms with E-state index < -0.39 is 0 Å². The zero-order chi connectivity index (χ0) is 8.55. The minimum absolute atomic E-state index is 0.